The first-order valence-corrected chi connectivity index (χ1v) is 9.62. The number of nitrogens with zero attached hydrogens (tertiary/aromatic N) is 4. The van der Waals surface area contributed by atoms with Gasteiger partial charge in [-0.25, -0.2) is 9.97 Å². The average Bonchev–Trinajstić information content (AvgIpc) is 2.73. The lowest BCUT2D eigenvalue weighted by Crippen LogP contribution is -2.26. The van der Waals surface area contributed by atoms with Crippen molar-refractivity contribution in [1.29, 1.82) is 0 Å². The summed E-state index contributed by atoms with van der Waals surface area (Å²) in [6.07, 6.45) is -1.87. The van der Waals surface area contributed by atoms with Crippen LogP contribution in [0.2, 0.25) is 5.02 Å². The molecule has 0 radical (unpaired) electrons. The molecule has 0 bridgehead atoms. The Hall–Kier alpha value is -3.40. The van der Waals surface area contributed by atoms with Crippen molar-refractivity contribution < 1.29 is 18.1 Å². The van der Waals surface area contributed by atoms with E-state index in [0.717, 1.165) is 48.6 Å². The second kappa shape index (κ2) is 8.03. The van der Waals surface area contributed by atoms with Gasteiger partial charge in [-0.05, 0) is 42.7 Å². The van der Waals surface area contributed by atoms with E-state index < -0.39 is 22.4 Å². The summed E-state index contributed by atoms with van der Waals surface area (Å²) in [5, 5.41) is 14.5. The molecule has 1 aromatic heterocycles. The fourth-order valence-electron chi connectivity index (χ4n) is 3.51. The number of halogens is 4. The maximum atomic E-state index is 13.1. The van der Waals surface area contributed by atoms with E-state index in [-0.39, 0.29) is 22.3 Å². The molecule has 0 saturated heterocycles. The summed E-state index contributed by atoms with van der Waals surface area (Å²) in [4.78, 5) is 21.0. The Kier molecular flexibility index (Phi) is 5.40. The molecule has 11 heteroatoms. The number of nitrogens with one attached hydrogen (secondary N) is 1. The van der Waals surface area contributed by atoms with E-state index in [2.05, 4.69) is 15.3 Å². The van der Waals surface area contributed by atoms with E-state index in [1.807, 2.05) is 24.3 Å². The highest BCUT2D eigenvalue weighted by molar-refractivity contribution is 6.33. The maximum absolute atomic E-state index is 13.1. The van der Waals surface area contributed by atoms with Crippen molar-refractivity contribution in [3.05, 3.63) is 75.1 Å². The monoisotopic (exact) mass is 449 g/mol. The third-order valence-electron chi connectivity index (χ3n) is 4.90. The van der Waals surface area contributed by atoms with Crippen LogP contribution in [0, 0.1) is 10.1 Å². The number of hydrogen-bond donors (Lipinski definition) is 1. The summed E-state index contributed by atoms with van der Waals surface area (Å²) < 4.78 is 39.2. The molecule has 0 aliphatic carbocycles. The zero-order valence-electron chi connectivity index (χ0n) is 15.9. The molecular weight excluding hydrogens is 435 g/mol. The van der Waals surface area contributed by atoms with Crippen molar-refractivity contribution in [2.45, 2.75) is 19.0 Å². The van der Waals surface area contributed by atoms with Crippen molar-refractivity contribution in [1.82, 2.24) is 9.97 Å². The van der Waals surface area contributed by atoms with E-state index >= 15 is 0 Å². The topological polar surface area (TPSA) is 84.2 Å². The van der Waals surface area contributed by atoms with Crippen LogP contribution in [0.5, 0.6) is 0 Å². The van der Waals surface area contributed by atoms with Gasteiger partial charge in [-0.3, -0.25) is 10.1 Å². The van der Waals surface area contributed by atoms with E-state index in [1.54, 1.807) is 4.90 Å². The molecule has 7 nitrogen and oxygen atoms in total. The van der Waals surface area contributed by atoms with Crippen LogP contribution in [0.25, 0.3) is 0 Å². The molecule has 31 heavy (non-hydrogen) atoms. The molecule has 160 valence electrons. The maximum Gasteiger partial charge on any atom is 0.416 e. The Labute approximate surface area is 179 Å². The third kappa shape index (κ3) is 4.11. The minimum atomic E-state index is -4.60. The summed E-state index contributed by atoms with van der Waals surface area (Å²) in [6.45, 7) is 0.499. The lowest BCUT2D eigenvalue weighted by atomic mass is 10.0. The number of benzene rings is 2. The quantitative estimate of drug-likeness (QED) is 0.395. The largest absolute Gasteiger partial charge is 0.416 e. The van der Waals surface area contributed by atoms with E-state index in [4.69, 9.17) is 11.6 Å². The molecule has 1 aliphatic rings. The second-order valence-corrected chi connectivity index (χ2v) is 7.26. The molecule has 1 N–H and O–H groups in total. The molecule has 0 unspecified atom stereocenters. The van der Waals surface area contributed by atoms with Crippen molar-refractivity contribution >= 4 is 40.3 Å². The first kappa shape index (κ1) is 20.9. The van der Waals surface area contributed by atoms with E-state index in [1.165, 1.54) is 0 Å². The first-order chi connectivity index (χ1) is 14.8. The predicted octanol–water partition coefficient (Wildman–Crippen LogP) is 5.88. The third-order valence-corrected chi connectivity index (χ3v) is 5.23. The lowest BCUT2D eigenvalue weighted by molar-refractivity contribution is -0.383. The highest BCUT2D eigenvalue weighted by Crippen LogP contribution is 2.41. The number of nitro groups is 1. The second-order valence-electron chi connectivity index (χ2n) is 6.85. The minimum Gasteiger partial charge on any atom is -0.333 e. The Morgan fingerprint density at radius 1 is 1.16 bits per heavy atom. The van der Waals surface area contributed by atoms with Crippen LogP contribution >= 0.6 is 11.6 Å². The Morgan fingerprint density at radius 2 is 1.94 bits per heavy atom. The molecule has 2 heterocycles. The summed E-state index contributed by atoms with van der Waals surface area (Å²) in [7, 11) is 0. The number of anilines is 4. The molecule has 0 fully saturated rings. The fraction of sp³-hybridized carbons (Fsp3) is 0.200. The zero-order chi connectivity index (χ0) is 22.2. The molecule has 1 aliphatic heterocycles. The van der Waals surface area contributed by atoms with Crippen molar-refractivity contribution in [3.63, 3.8) is 0 Å². The van der Waals surface area contributed by atoms with Gasteiger partial charge in [0.2, 0.25) is 11.6 Å². The van der Waals surface area contributed by atoms with E-state index in [0.29, 0.717) is 6.54 Å². The standard InChI is InChI=1S/C20H15ClF3N5O2/c21-14-8-7-13(20(22,23)24)10-15(14)27-18-17(29(30)31)19(26-11-25-18)28-9-3-5-12-4-1-2-6-16(12)28/h1-2,4,6-8,10-11H,3,5,9H2,(H,25,26,27). The van der Waals surface area contributed by atoms with Gasteiger partial charge in [-0.2, -0.15) is 13.2 Å². The van der Waals surface area contributed by atoms with Gasteiger partial charge in [0.15, 0.2) is 0 Å². The van der Waals surface area contributed by atoms with Crippen LogP contribution in [0.4, 0.5) is 41.9 Å². The summed E-state index contributed by atoms with van der Waals surface area (Å²) in [5.41, 5.74) is 0.271. The Bertz CT molecular complexity index is 1160. The number of rotatable bonds is 4. The molecule has 3 aromatic rings. The van der Waals surface area contributed by atoms with Gasteiger partial charge < -0.3 is 10.2 Å². The van der Waals surface area contributed by atoms with Gasteiger partial charge in [-0.1, -0.05) is 29.8 Å². The van der Waals surface area contributed by atoms with Gasteiger partial charge in [0.1, 0.15) is 6.33 Å². The first-order valence-electron chi connectivity index (χ1n) is 9.24. The Balaban J connectivity index is 1.80. The molecule has 4 rings (SSSR count). The number of alkyl halides is 3. The van der Waals surface area contributed by atoms with Crippen molar-refractivity contribution in [2.24, 2.45) is 0 Å². The van der Waals surface area contributed by atoms with Crippen molar-refractivity contribution in [2.75, 3.05) is 16.8 Å². The van der Waals surface area contributed by atoms with Gasteiger partial charge in [0, 0.05) is 12.2 Å². The molecule has 2 aromatic carbocycles. The average molecular weight is 450 g/mol. The summed E-state index contributed by atoms with van der Waals surface area (Å²) in [6, 6.07) is 10.2. The lowest BCUT2D eigenvalue weighted by Gasteiger charge is -2.30. The van der Waals surface area contributed by atoms with Gasteiger partial charge in [-0.15, -0.1) is 0 Å². The fourth-order valence-corrected chi connectivity index (χ4v) is 3.67. The zero-order valence-corrected chi connectivity index (χ0v) is 16.6. The summed E-state index contributed by atoms with van der Waals surface area (Å²) in [5.74, 6) is -0.197. The highest BCUT2D eigenvalue weighted by atomic mass is 35.5. The Morgan fingerprint density at radius 3 is 2.68 bits per heavy atom. The van der Waals surface area contributed by atoms with Crippen LogP contribution < -0.4 is 10.2 Å². The summed E-state index contributed by atoms with van der Waals surface area (Å²) >= 11 is 6.03. The smallest absolute Gasteiger partial charge is 0.333 e. The van der Waals surface area contributed by atoms with E-state index in [9.17, 15) is 23.3 Å². The molecule has 0 spiro atoms. The van der Waals surface area contributed by atoms with Crippen LogP contribution in [-0.4, -0.2) is 21.4 Å². The van der Waals surface area contributed by atoms with Crippen LogP contribution in [0.3, 0.4) is 0 Å². The molecule has 0 atom stereocenters. The number of hydrogen-bond acceptors (Lipinski definition) is 6. The van der Waals surface area contributed by atoms with Crippen LogP contribution in [0.15, 0.2) is 48.8 Å². The predicted molar refractivity (Wildman–Crippen MR) is 110 cm³/mol. The highest BCUT2D eigenvalue weighted by Gasteiger charge is 2.33. The number of para-hydroxylation sites is 1. The SMILES string of the molecule is O=[N+]([O-])c1c(Nc2cc(C(F)(F)F)ccc2Cl)ncnc1N1CCCc2ccccc21. The minimum absolute atomic E-state index is 0.0363. The molecule has 0 amide bonds. The van der Waals surface area contributed by atoms with Gasteiger partial charge in [0.05, 0.1) is 21.2 Å². The number of aryl methyl sites for hydroxylation is 1. The van der Waals surface area contributed by atoms with Crippen molar-refractivity contribution in [3.8, 4) is 0 Å². The molecule has 0 saturated carbocycles. The van der Waals surface area contributed by atoms with Gasteiger partial charge >= 0.3 is 11.9 Å². The van der Waals surface area contributed by atoms with Crippen LogP contribution in [0.1, 0.15) is 17.5 Å². The number of aromatic nitrogens is 2. The molecular formula is C20H15ClF3N5O2. The van der Waals surface area contributed by atoms with Gasteiger partial charge in [0.25, 0.3) is 0 Å². The normalized spacial score (nSPS) is 13.6. The van der Waals surface area contributed by atoms with Crippen LogP contribution in [-0.2, 0) is 12.6 Å². The number of fused-ring (bicyclic) bond motifs is 1.